The van der Waals surface area contributed by atoms with Crippen LogP contribution in [0, 0.1) is 5.92 Å². The van der Waals surface area contributed by atoms with E-state index in [1.54, 1.807) is 24.9 Å². The Labute approximate surface area is 175 Å². The third kappa shape index (κ3) is 5.84. The van der Waals surface area contributed by atoms with Crippen LogP contribution in [0.4, 0.5) is 0 Å². The number of carbonyl (C=O) groups excluding carboxylic acids is 1. The van der Waals surface area contributed by atoms with E-state index in [2.05, 4.69) is 23.5 Å². The standard InChI is InChI=1S/C23H27NO4S/c1-28-22-8-3-15(12-23(26)27)11-20(22)19-7-6-18(29-2)13-17(19)14-24-10-9-21(25)16-4-5-16/h3,6-8,11,13,16,24H,4-5,9-10,12,14H2,1-2H3,(H,26,27). The fraction of sp³-hybridized carbons (Fsp3) is 0.391. The molecule has 2 aromatic rings. The molecule has 0 heterocycles. The van der Waals surface area contributed by atoms with Gasteiger partial charge in [-0.1, -0.05) is 12.1 Å². The first kappa shape index (κ1) is 21.4. The number of hydrogen-bond donors (Lipinski definition) is 2. The second-order valence-electron chi connectivity index (χ2n) is 7.30. The summed E-state index contributed by atoms with van der Waals surface area (Å²) in [6.45, 7) is 1.29. The van der Waals surface area contributed by atoms with Crippen LogP contribution in [-0.4, -0.2) is 36.8 Å². The number of aliphatic carboxylic acids is 1. The van der Waals surface area contributed by atoms with Gasteiger partial charge in [-0.3, -0.25) is 9.59 Å². The lowest BCUT2D eigenvalue weighted by Gasteiger charge is -2.16. The molecule has 3 rings (SSSR count). The Morgan fingerprint density at radius 2 is 1.97 bits per heavy atom. The van der Waals surface area contributed by atoms with Crippen LogP contribution in [0.5, 0.6) is 5.75 Å². The molecule has 1 aliphatic carbocycles. The fourth-order valence-electron chi connectivity index (χ4n) is 3.40. The first-order chi connectivity index (χ1) is 14.0. The fourth-order valence-corrected chi connectivity index (χ4v) is 3.86. The van der Waals surface area contributed by atoms with Gasteiger partial charge < -0.3 is 15.2 Å². The molecular formula is C23H27NO4S. The smallest absolute Gasteiger partial charge is 0.307 e. The molecule has 0 atom stereocenters. The Balaban J connectivity index is 1.83. The molecule has 0 bridgehead atoms. The molecule has 0 unspecified atom stereocenters. The summed E-state index contributed by atoms with van der Waals surface area (Å²) < 4.78 is 5.54. The average Bonchev–Trinajstić information content (AvgIpc) is 3.56. The number of benzene rings is 2. The Morgan fingerprint density at radius 1 is 1.17 bits per heavy atom. The molecule has 5 nitrogen and oxygen atoms in total. The Kier molecular flexibility index (Phi) is 7.34. The van der Waals surface area contributed by atoms with Crippen LogP contribution in [0.3, 0.4) is 0 Å². The topological polar surface area (TPSA) is 75.6 Å². The minimum Gasteiger partial charge on any atom is -0.496 e. The van der Waals surface area contributed by atoms with Crippen LogP contribution >= 0.6 is 11.8 Å². The summed E-state index contributed by atoms with van der Waals surface area (Å²) >= 11 is 1.67. The minimum absolute atomic E-state index is 0.0310. The summed E-state index contributed by atoms with van der Waals surface area (Å²) in [7, 11) is 1.62. The molecule has 2 aromatic carbocycles. The molecule has 154 valence electrons. The largest absolute Gasteiger partial charge is 0.496 e. The summed E-state index contributed by atoms with van der Waals surface area (Å²) in [5, 5.41) is 12.5. The number of carboxylic acids is 1. The van der Waals surface area contributed by atoms with Gasteiger partial charge >= 0.3 is 5.97 Å². The van der Waals surface area contributed by atoms with Crippen LogP contribution < -0.4 is 10.1 Å². The molecule has 0 aromatic heterocycles. The van der Waals surface area contributed by atoms with Crippen LogP contribution in [-0.2, 0) is 22.6 Å². The van der Waals surface area contributed by atoms with Crippen LogP contribution in [0.15, 0.2) is 41.3 Å². The monoisotopic (exact) mass is 413 g/mol. The number of methoxy groups -OCH3 is 1. The number of nitrogens with one attached hydrogen (secondary N) is 1. The Bertz CT molecular complexity index is 892. The number of ketones is 1. The van der Waals surface area contributed by atoms with Crippen molar-refractivity contribution >= 4 is 23.5 Å². The molecule has 1 saturated carbocycles. The molecule has 0 radical (unpaired) electrons. The normalized spacial score (nSPS) is 13.3. The van der Waals surface area contributed by atoms with E-state index in [1.165, 1.54) is 0 Å². The van der Waals surface area contributed by atoms with Gasteiger partial charge in [-0.05, 0) is 60.1 Å². The molecule has 2 N–H and O–H groups in total. The van der Waals surface area contributed by atoms with Crippen molar-refractivity contribution in [2.45, 2.75) is 37.1 Å². The van der Waals surface area contributed by atoms with Gasteiger partial charge in [-0.2, -0.15) is 0 Å². The molecule has 0 aliphatic heterocycles. The van der Waals surface area contributed by atoms with Gasteiger partial charge in [-0.25, -0.2) is 0 Å². The molecule has 29 heavy (non-hydrogen) atoms. The van der Waals surface area contributed by atoms with Crippen molar-refractivity contribution in [3.63, 3.8) is 0 Å². The summed E-state index contributed by atoms with van der Waals surface area (Å²) in [5.41, 5.74) is 3.72. The zero-order chi connectivity index (χ0) is 20.8. The van der Waals surface area contributed by atoms with E-state index in [-0.39, 0.29) is 6.42 Å². The van der Waals surface area contributed by atoms with Crippen molar-refractivity contribution in [1.82, 2.24) is 5.32 Å². The molecule has 0 amide bonds. The lowest BCUT2D eigenvalue weighted by Crippen LogP contribution is -2.19. The summed E-state index contributed by atoms with van der Waals surface area (Å²) in [4.78, 5) is 24.2. The molecule has 1 fully saturated rings. The minimum atomic E-state index is -0.860. The highest BCUT2D eigenvalue weighted by Gasteiger charge is 2.28. The van der Waals surface area contributed by atoms with Crippen molar-refractivity contribution in [2.75, 3.05) is 19.9 Å². The first-order valence-corrected chi connectivity index (χ1v) is 11.0. The number of thioether (sulfide) groups is 1. The highest BCUT2D eigenvalue weighted by atomic mass is 32.2. The van der Waals surface area contributed by atoms with E-state index in [1.807, 2.05) is 18.4 Å². The van der Waals surface area contributed by atoms with Gasteiger partial charge in [0.15, 0.2) is 0 Å². The van der Waals surface area contributed by atoms with Gasteiger partial charge in [0.1, 0.15) is 11.5 Å². The third-order valence-electron chi connectivity index (χ3n) is 5.12. The molecule has 1 aliphatic rings. The maximum absolute atomic E-state index is 11.9. The van der Waals surface area contributed by atoms with Crippen LogP contribution in [0.1, 0.15) is 30.4 Å². The number of hydrogen-bond acceptors (Lipinski definition) is 5. The molecule has 0 spiro atoms. The van der Waals surface area contributed by atoms with E-state index in [0.717, 1.165) is 40.0 Å². The SMILES string of the molecule is COc1ccc(CC(=O)O)cc1-c1ccc(SC)cc1CNCCC(=O)C1CC1. The van der Waals surface area contributed by atoms with E-state index in [4.69, 9.17) is 9.84 Å². The number of carboxylic acid groups (broad SMARTS) is 1. The Morgan fingerprint density at radius 3 is 2.62 bits per heavy atom. The Hall–Kier alpha value is -2.31. The summed E-state index contributed by atoms with van der Waals surface area (Å²) in [5.74, 6) is 0.509. The van der Waals surface area contributed by atoms with Crippen LogP contribution in [0.2, 0.25) is 0 Å². The first-order valence-electron chi connectivity index (χ1n) is 9.81. The van der Waals surface area contributed by atoms with E-state index < -0.39 is 5.97 Å². The van der Waals surface area contributed by atoms with E-state index >= 15 is 0 Å². The lowest BCUT2D eigenvalue weighted by atomic mass is 9.96. The van der Waals surface area contributed by atoms with Gasteiger partial charge in [0, 0.05) is 35.9 Å². The van der Waals surface area contributed by atoms with Crippen molar-refractivity contribution < 1.29 is 19.4 Å². The van der Waals surface area contributed by atoms with Gasteiger partial charge in [0.25, 0.3) is 0 Å². The second-order valence-corrected chi connectivity index (χ2v) is 8.18. The quantitative estimate of drug-likeness (QED) is 0.425. The third-order valence-corrected chi connectivity index (χ3v) is 5.84. The maximum Gasteiger partial charge on any atom is 0.307 e. The van der Waals surface area contributed by atoms with Crippen molar-refractivity contribution in [1.29, 1.82) is 0 Å². The number of ether oxygens (including phenoxy) is 1. The number of rotatable bonds is 11. The van der Waals surface area contributed by atoms with E-state index in [0.29, 0.717) is 37.0 Å². The summed E-state index contributed by atoms with van der Waals surface area (Å²) in [6.07, 6.45) is 4.67. The highest BCUT2D eigenvalue weighted by molar-refractivity contribution is 7.98. The second kappa shape index (κ2) is 9.94. The lowest BCUT2D eigenvalue weighted by molar-refractivity contribution is -0.136. The highest BCUT2D eigenvalue weighted by Crippen LogP contribution is 2.35. The van der Waals surface area contributed by atoms with Crippen molar-refractivity contribution in [2.24, 2.45) is 5.92 Å². The predicted molar refractivity (Wildman–Crippen MR) is 116 cm³/mol. The maximum atomic E-state index is 11.9. The number of carbonyl (C=O) groups is 2. The van der Waals surface area contributed by atoms with Gasteiger partial charge in [0.2, 0.25) is 0 Å². The molecule has 0 saturated heterocycles. The van der Waals surface area contributed by atoms with Crippen molar-refractivity contribution in [3.05, 3.63) is 47.5 Å². The zero-order valence-corrected chi connectivity index (χ0v) is 17.7. The average molecular weight is 414 g/mol. The number of Topliss-reactive ketones (excluding diaryl/α,β-unsaturated/α-hetero) is 1. The summed E-state index contributed by atoms with van der Waals surface area (Å²) in [6, 6.07) is 11.7. The van der Waals surface area contributed by atoms with Gasteiger partial charge in [-0.15, -0.1) is 11.8 Å². The van der Waals surface area contributed by atoms with Gasteiger partial charge in [0.05, 0.1) is 13.5 Å². The van der Waals surface area contributed by atoms with Crippen molar-refractivity contribution in [3.8, 4) is 16.9 Å². The molecule has 6 heteroatoms. The molecular weight excluding hydrogens is 386 g/mol. The predicted octanol–water partition coefficient (Wildman–Crippen LogP) is 4.17. The van der Waals surface area contributed by atoms with Crippen LogP contribution in [0.25, 0.3) is 11.1 Å². The van der Waals surface area contributed by atoms with E-state index in [9.17, 15) is 9.59 Å². The zero-order valence-electron chi connectivity index (χ0n) is 16.9.